The van der Waals surface area contributed by atoms with Gasteiger partial charge in [-0.3, -0.25) is 0 Å². The fourth-order valence-corrected chi connectivity index (χ4v) is 4.06. The van der Waals surface area contributed by atoms with E-state index >= 15 is 0 Å². The van der Waals surface area contributed by atoms with Crippen LogP contribution < -0.4 is 15.0 Å². The van der Waals surface area contributed by atoms with E-state index in [9.17, 15) is 8.78 Å². The summed E-state index contributed by atoms with van der Waals surface area (Å²) in [5.41, 5.74) is 2.56. The number of aromatic nitrogens is 3. The van der Waals surface area contributed by atoms with Crippen molar-refractivity contribution < 1.29 is 13.5 Å². The van der Waals surface area contributed by atoms with Gasteiger partial charge < -0.3 is 19.9 Å². The lowest BCUT2D eigenvalue weighted by molar-refractivity contribution is 0.313. The molecule has 1 fully saturated rings. The van der Waals surface area contributed by atoms with Crippen LogP contribution in [-0.4, -0.2) is 53.1 Å². The van der Waals surface area contributed by atoms with Crippen LogP contribution in [0.2, 0.25) is 0 Å². The van der Waals surface area contributed by atoms with E-state index in [0.717, 1.165) is 43.5 Å². The van der Waals surface area contributed by atoms with Crippen LogP contribution in [0.4, 0.5) is 26.1 Å². The zero-order valence-corrected chi connectivity index (χ0v) is 18.5. The van der Waals surface area contributed by atoms with Crippen molar-refractivity contribution in [1.82, 2.24) is 19.9 Å². The van der Waals surface area contributed by atoms with Crippen LogP contribution in [0.1, 0.15) is 18.1 Å². The standard InChI is InChI=1S/C24H24F2N6O/c1-15-9-17-18(10-15)24(26)20(11-19(17)25)33-23-12-22(28-14-29-23)30-21-4-3-16(13-27-21)32-7-5-31(2)6-8-32/h3-4,10-14H,5-9H2,1-2H3,(H,27,28,29,30). The van der Waals surface area contributed by atoms with Gasteiger partial charge in [-0.25, -0.2) is 23.7 Å². The maximum atomic E-state index is 14.9. The summed E-state index contributed by atoms with van der Waals surface area (Å²) in [5, 5.41) is 3.09. The fraction of sp³-hybridized carbons (Fsp3) is 0.292. The van der Waals surface area contributed by atoms with E-state index in [1.807, 2.05) is 25.3 Å². The van der Waals surface area contributed by atoms with Crippen LogP contribution in [0.5, 0.6) is 11.6 Å². The molecule has 1 N–H and O–H groups in total. The van der Waals surface area contributed by atoms with Crippen LogP contribution in [0, 0.1) is 11.6 Å². The van der Waals surface area contributed by atoms with Gasteiger partial charge in [0.2, 0.25) is 5.88 Å². The second-order valence-corrected chi connectivity index (χ2v) is 8.39. The number of rotatable bonds is 5. The lowest BCUT2D eigenvalue weighted by Crippen LogP contribution is -2.44. The van der Waals surface area contributed by atoms with E-state index in [4.69, 9.17) is 4.74 Å². The number of likely N-dealkylation sites (N-methyl/N-ethyl adjacent to an activating group) is 1. The molecule has 170 valence electrons. The van der Waals surface area contributed by atoms with E-state index < -0.39 is 11.6 Å². The van der Waals surface area contributed by atoms with Crippen molar-refractivity contribution in [2.24, 2.45) is 0 Å². The Morgan fingerprint density at radius 2 is 1.82 bits per heavy atom. The van der Waals surface area contributed by atoms with Crippen molar-refractivity contribution in [1.29, 1.82) is 0 Å². The van der Waals surface area contributed by atoms with Gasteiger partial charge in [-0.05, 0) is 32.5 Å². The Morgan fingerprint density at radius 1 is 1.00 bits per heavy atom. The molecule has 33 heavy (non-hydrogen) atoms. The molecule has 1 saturated heterocycles. The zero-order valence-electron chi connectivity index (χ0n) is 18.5. The zero-order chi connectivity index (χ0) is 22.9. The number of fused-ring (bicyclic) bond motifs is 1. The van der Waals surface area contributed by atoms with Gasteiger partial charge in [0.15, 0.2) is 11.6 Å². The molecule has 9 heteroatoms. The molecule has 0 unspecified atom stereocenters. The molecule has 1 aromatic carbocycles. The van der Waals surface area contributed by atoms with Gasteiger partial charge in [-0.2, -0.15) is 0 Å². The highest BCUT2D eigenvalue weighted by Crippen LogP contribution is 2.36. The summed E-state index contributed by atoms with van der Waals surface area (Å²) in [6, 6.07) is 6.47. The summed E-state index contributed by atoms with van der Waals surface area (Å²) in [6.07, 6.45) is 5.16. The molecule has 0 atom stereocenters. The molecule has 0 saturated carbocycles. The predicted molar refractivity (Wildman–Crippen MR) is 123 cm³/mol. The number of halogens is 2. The van der Waals surface area contributed by atoms with Crippen LogP contribution in [0.3, 0.4) is 0 Å². The second kappa shape index (κ2) is 8.74. The minimum atomic E-state index is -0.600. The number of anilines is 3. The smallest absolute Gasteiger partial charge is 0.224 e. The van der Waals surface area contributed by atoms with Crippen molar-refractivity contribution in [2.75, 3.05) is 43.4 Å². The van der Waals surface area contributed by atoms with Crippen molar-refractivity contribution in [3.8, 4) is 11.6 Å². The maximum Gasteiger partial charge on any atom is 0.224 e. The molecule has 3 heterocycles. The van der Waals surface area contributed by atoms with Crippen molar-refractivity contribution in [2.45, 2.75) is 13.3 Å². The molecule has 1 aliphatic carbocycles. The molecule has 3 aromatic rings. The number of piperazine rings is 1. The van der Waals surface area contributed by atoms with Crippen molar-refractivity contribution in [3.63, 3.8) is 0 Å². The minimum absolute atomic E-state index is 0.0958. The lowest BCUT2D eigenvalue weighted by atomic mass is 10.1. The number of hydrogen-bond acceptors (Lipinski definition) is 7. The van der Waals surface area contributed by atoms with E-state index in [0.29, 0.717) is 23.6 Å². The third kappa shape index (κ3) is 4.49. The van der Waals surface area contributed by atoms with E-state index in [1.165, 1.54) is 12.4 Å². The van der Waals surface area contributed by atoms with Crippen LogP contribution in [0.25, 0.3) is 6.08 Å². The van der Waals surface area contributed by atoms with E-state index in [2.05, 4.69) is 37.1 Å². The summed E-state index contributed by atoms with van der Waals surface area (Å²) >= 11 is 0. The van der Waals surface area contributed by atoms with Gasteiger partial charge in [0, 0.05) is 49.4 Å². The Balaban J connectivity index is 1.29. The third-order valence-corrected chi connectivity index (χ3v) is 5.90. The summed E-state index contributed by atoms with van der Waals surface area (Å²) in [5.74, 6) is -0.176. The molecule has 2 aliphatic rings. The quantitative estimate of drug-likeness (QED) is 0.618. The Hall–Kier alpha value is -3.59. The number of ether oxygens (including phenoxy) is 1. The first kappa shape index (κ1) is 21.3. The highest BCUT2D eigenvalue weighted by atomic mass is 19.1. The number of nitrogens with zero attached hydrogens (tertiary/aromatic N) is 5. The maximum absolute atomic E-state index is 14.9. The number of benzene rings is 1. The molecular weight excluding hydrogens is 426 g/mol. The first-order valence-corrected chi connectivity index (χ1v) is 10.8. The van der Waals surface area contributed by atoms with Crippen molar-refractivity contribution >= 4 is 23.4 Å². The first-order chi connectivity index (χ1) is 16.0. The SMILES string of the molecule is CC1=Cc2c(F)c(Oc3cc(Nc4ccc(N5CCN(C)CC5)cn4)ncn3)cc(F)c2C1. The normalized spacial score (nSPS) is 15.9. The molecule has 2 aromatic heterocycles. The molecule has 7 nitrogen and oxygen atoms in total. The molecular formula is C24H24F2N6O. The summed E-state index contributed by atoms with van der Waals surface area (Å²) in [4.78, 5) is 17.3. The molecule has 0 bridgehead atoms. The number of allylic oxidation sites excluding steroid dienone is 1. The first-order valence-electron chi connectivity index (χ1n) is 10.8. The molecule has 1 aliphatic heterocycles. The Kier molecular flexibility index (Phi) is 5.63. The average molecular weight is 450 g/mol. The second-order valence-electron chi connectivity index (χ2n) is 8.39. The summed E-state index contributed by atoms with van der Waals surface area (Å²) in [7, 11) is 2.12. The average Bonchev–Trinajstić information content (AvgIpc) is 3.21. The van der Waals surface area contributed by atoms with E-state index in [-0.39, 0.29) is 17.2 Å². The molecule has 0 radical (unpaired) electrons. The van der Waals surface area contributed by atoms with E-state index in [1.54, 1.807) is 6.08 Å². The summed E-state index contributed by atoms with van der Waals surface area (Å²) < 4.78 is 34.9. The van der Waals surface area contributed by atoms with Gasteiger partial charge in [-0.1, -0.05) is 11.6 Å². The minimum Gasteiger partial charge on any atom is -0.436 e. The Bertz CT molecular complexity index is 1210. The predicted octanol–water partition coefficient (Wildman–Crippen LogP) is 4.40. The molecule has 5 rings (SSSR count). The van der Waals surface area contributed by atoms with Crippen LogP contribution in [-0.2, 0) is 6.42 Å². The summed E-state index contributed by atoms with van der Waals surface area (Å²) in [6.45, 7) is 5.82. The monoisotopic (exact) mass is 450 g/mol. The van der Waals surface area contributed by atoms with Crippen LogP contribution in [0.15, 0.2) is 42.4 Å². The van der Waals surface area contributed by atoms with Gasteiger partial charge in [-0.15, -0.1) is 0 Å². The highest BCUT2D eigenvalue weighted by molar-refractivity contribution is 5.66. The van der Waals surface area contributed by atoms with Gasteiger partial charge in [0.1, 0.15) is 23.8 Å². The van der Waals surface area contributed by atoms with Gasteiger partial charge >= 0.3 is 0 Å². The number of nitrogens with one attached hydrogen (secondary N) is 1. The molecule has 0 spiro atoms. The highest BCUT2D eigenvalue weighted by Gasteiger charge is 2.23. The third-order valence-electron chi connectivity index (χ3n) is 5.90. The topological polar surface area (TPSA) is 66.4 Å². The number of hydrogen-bond donors (Lipinski definition) is 1. The Labute approximate surface area is 190 Å². The van der Waals surface area contributed by atoms with Crippen molar-refractivity contribution in [3.05, 3.63) is 65.1 Å². The van der Waals surface area contributed by atoms with Gasteiger partial charge in [0.25, 0.3) is 0 Å². The largest absolute Gasteiger partial charge is 0.436 e. The lowest BCUT2D eigenvalue weighted by Gasteiger charge is -2.33. The Morgan fingerprint density at radius 3 is 2.58 bits per heavy atom. The van der Waals surface area contributed by atoms with Gasteiger partial charge in [0.05, 0.1) is 11.9 Å². The fourth-order valence-electron chi connectivity index (χ4n) is 4.06. The van der Waals surface area contributed by atoms with Crippen LogP contribution >= 0.6 is 0 Å². The number of pyridine rings is 1. The molecule has 0 amide bonds.